The van der Waals surface area contributed by atoms with Crippen LogP contribution in [0.5, 0.6) is 11.5 Å². The molecule has 0 saturated heterocycles. The molecule has 1 heterocycles. The molecule has 0 spiro atoms. The first-order chi connectivity index (χ1) is 20.9. The second-order valence-electron chi connectivity index (χ2n) is 10.7. The number of para-hydroxylation sites is 1. The summed E-state index contributed by atoms with van der Waals surface area (Å²) in [6, 6.07) is 18.6. The van der Waals surface area contributed by atoms with Gasteiger partial charge in [-0.25, -0.2) is 4.79 Å². The number of aromatic amines is 1. The molecule has 2 N–H and O–H groups in total. The number of aromatic nitrogens is 1. The van der Waals surface area contributed by atoms with E-state index < -0.39 is 12.0 Å². The lowest BCUT2D eigenvalue weighted by atomic mass is 9.94. The summed E-state index contributed by atoms with van der Waals surface area (Å²) in [5.41, 5.74) is 3.11. The Morgan fingerprint density at radius 1 is 0.907 bits per heavy atom. The number of carbonyl (C=O) groups excluding carboxylic acids is 3. The minimum atomic E-state index is -1.02. The van der Waals surface area contributed by atoms with E-state index in [4.69, 9.17) is 14.2 Å². The molecule has 1 fully saturated rings. The van der Waals surface area contributed by atoms with Crippen LogP contribution >= 0.6 is 0 Å². The van der Waals surface area contributed by atoms with E-state index in [9.17, 15) is 14.4 Å². The van der Waals surface area contributed by atoms with Gasteiger partial charge in [0.1, 0.15) is 6.04 Å². The maximum absolute atomic E-state index is 14.4. The number of hydrogen-bond acceptors (Lipinski definition) is 6. The van der Waals surface area contributed by atoms with Gasteiger partial charge in [-0.3, -0.25) is 14.5 Å². The highest BCUT2D eigenvalue weighted by molar-refractivity contribution is 6.04. The number of ether oxygens (including phenoxy) is 3. The Balaban J connectivity index is 1.61. The van der Waals surface area contributed by atoms with Gasteiger partial charge in [-0.15, -0.1) is 0 Å². The first-order valence-electron chi connectivity index (χ1n) is 14.5. The van der Waals surface area contributed by atoms with Crippen molar-refractivity contribution in [3.8, 4) is 11.5 Å². The Morgan fingerprint density at radius 2 is 1.63 bits per heavy atom. The molecule has 4 aromatic rings. The highest BCUT2D eigenvalue weighted by atomic mass is 16.5. The number of fused-ring (bicyclic) bond motifs is 1. The molecule has 0 radical (unpaired) electrons. The van der Waals surface area contributed by atoms with E-state index in [1.807, 2.05) is 30.5 Å². The van der Waals surface area contributed by atoms with Crippen LogP contribution in [-0.4, -0.2) is 50.1 Å². The number of methoxy groups -OCH3 is 3. The third-order valence-corrected chi connectivity index (χ3v) is 8.03. The van der Waals surface area contributed by atoms with Crippen molar-refractivity contribution in [1.82, 2.24) is 10.3 Å². The van der Waals surface area contributed by atoms with E-state index in [2.05, 4.69) is 10.3 Å². The quantitative estimate of drug-likeness (QED) is 0.231. The molecule has 43 heavy (non-hydrogen) atoms. The Hall–Kier alpha value is -4.79. The topological polar surface area (TPSA) is 110 Å². The van der Waals surface area contributed by atoms with Gasteiger partial charge in [0.2, 0.25) is 11.8 Å². The molecular formula is C34H37N3O6. The van der Waals surface area contributed by atoms with Crippen molar-refractivity contribution in [3.63, 3.8) is 0 Å². The van der Waals surface area contributed by atoms with Gasteiger partial charge in [0.15, 0.2) is 11.5 Å². The number of carbonyl (C=O) groups is 3. The molecule has 1 aliphatic carbocycles. The minimum absolute atomic E-state index is 0.0242. The van der Waals surface area contributed by atoms with Crippen molar-refractivity contribution in [2.45, 2.75) is 50.6 Å². The summed E-state index contributed by atoms with van der Waals surface area (Å²) in [6.07, 6.45) is 6.89. The predicted octanol–water partition coefficient (Wildman–Crippen LogP) is 5.74. The summed E-state index contributed by atoms with van der Waals surface area (Å²) in [7, 11) is 4.39. The van der Waals surface area contributed by atoms with Crippen LogP contribution in [0, 0.1) is 0 Å². The van der Waals surface area contributed by atoms with Crippen molar-refractivity contribution < 1.29 is 28.6 Å². The van der Waals surface area contributed by atoms with E-state index in [1.165, 1.54) is 19.1 Å². The molecule has 3 aromatic carbocycles. The molecule has 0 aliphatic heterocycles. The number of H-pyrrole nitrogens is 1. The average molecular weight is 584 g/mol. The Labute approximate surface area is 251 Å². The van der Waals surface area contributed by atoms with Crippen LogP contribution in [0.4, 0.5) is 5.69 Å². The number of hydrogen-bond donors (Lipinski definition) is 2. The highest BCUT2D eigenvalue weighted by Crippen LogP contribution is 2.36. The van der Waals surface area contributed by atoms with Gasteiger partial charge in [0.25, 0.3) is 0 Å². The van der Waals surface area contributed by atoms with Crippen molar-refractivity contribution >= 4 is 34.4 Å². The molecule has 0 unspecified atom stereocenters. The van der Waals surface area contributed by atoms with Crippen LogP contribution in [0.1, 0.15) is 59.6 Å². The van der Waals surface area contributed by atoms with Crippen LogP contribution in [0.3, 0.4) is 0 Å². The summed E-state index contributed by atoms with van der Waals surface area (Å²) in [4.78, 5) is 45.6. The number of nitrogens with zero attached hydrogens (tertiary/aromatic N) is 1. The van der Waals surface area contributed by atoms with Gasteiger partial charge in [0.05, 0.1) is 33.3 Å². The second-order valence-corrected chi connectivity index (χ2v) is 10.7. The summed E-state index contributed by atoms with van der Waals surface area (Å²) < 4.78 is 15.9. The number of benzene rings is 3. The molecule has 1 atom stereocenters. The van der Waals surface area contributed by atoms with Crippen LogP contribution in [-0.2, 0) is 20.7 Å². The molecule has 1 aliphatic rings. The molecule has 1 aromatic heterocycles. The van der Waals surface area contributed by atoms with Crippen LogP contribution in [0.15, 0.2) is 72.9 Å². The first-order valence-corrected chi connectivity index (χ1v) is 14.5. The smallest absolute Gasteiger partial charge is 0.337 e. The van der Waals surface area contributed by atoms with Gasteiger partial charge < -0.3 is 24.5 Å². The molecular weight excluding hydrogens is 546 g/mol. The molecule has 1 saturated carbocycles. The summed E-state index contributed by atoms with van der Waals surface area (Å²) >= 11 is 0. The number of anilines is 1. The van der Waals surface area contributed by atoms with E-state index >= 15 is 0 Å². The maximum Gasteiger partial charge on any atom is 0.337 e. The van der Waals surface area contributed by atoms with Crippen molar-refractivity contribution in [2.24, 2.45) is 0 Å². The Morgan fingerprint density at radius 3 is 2.33 bits per heavy atom. The van der Waals surface area contributed by atoms with Crippen LogP contribution < -0.4 is 19.7 Å². The highest BCUT2D eigenvalue weighted by Gasteiger charge is 2.35. The zero-order valence-electron chi connectivity index (χ0n) is 24.7. The second kappa shape index (κ2) is 13.5. The molecule has 2 amide bonds. The van der Waals surface area contributed by atoms with Gasteiger partial charge in [0, 0.05) is 28.8 Å². The number of amides is 2. The lowest BCUT2D eigenvalue weighted by Crippen LogP contribution is -2.47. The summed E-state index contributed by atoms with van der Waals surface area (Å²) in [6.45, 7) is 0. The van der Waals surface area contributed by atoms with Gasteiger partial charge in [-0.05, 0) is 66.4 Å². The largest absolute Gasteiger partial charge is 0.493 e. The molecule has 9 nitrogen and oxygen atoms in total. The van der Waals surface area contributed by atoms with E-state index in [0.717, 1.165) is 48.6 Å². The Kier molecular flexibility index (Phi) is 9.29. The molecule has 5 rings (SSSR count). The fourth-order valence-corrected chi connectivity index (χ4v) is 5.81. The van der Waals surface area contributed by atoms with Gasteiger partial charge >= 0.3 is 5.97 Å². The molecule has 9 heteroatoms. The summed E-state index contributed by atoms with van der Waals surface area (Å²) in [5.74, 6) is -0.107. The molecule has 224 valence electrons. The van der Waals surface area contributed by atoms with Gasteiger partial charge in [-0.1, -0.05) is 43.5 Å². The number of rotatable bonds is 10. The van der Waals surface area contributed by atoms with Crippen molar-refractivity contribution in [1.29, 1.82) is 0 Å². The zero-order valence-corrected chi connectivity index (χ0v) is 24.7. The van der Waals surface area contributed by atoms with Crippen molar-refractivity contribution in [3.05, 3.63) is 89.6 Å². The number of nitrogens with one attached hydrogen (secondary N) is 2. The lowest BCUT2D eigenvalue weighted by Gasteiger charge is -2.34. The standard InChI is InChI=1S/C34H37N3O6/c1-41-29-18-15-23(19-30(29)42-2)32(33(39)36-25-9-5-4-6-10-25)37(26-16-13-22(14-17-26)34(40)43-3)31(38)20-24-21-35-28-12-8-7-11-27(24)28/h7-8,11-19,21,25,32,35H,4-6,9-10,20H2,1-3H3,(H,36,39)/t32-/m0/s1. The monoisotopic (exact) mass is 583 g/mol. The first kappa shape index (κ1) is 29.7. The fourth-order valence-electron chi connectivity index (χ4n) is 5.81. The predicted molar refractivity (Wildman–Crippen MR) is 165 cm³/mol. The third kappa shape index (κ3) is 6.51. The normalized spacial score (nSPS) is 14.1. The van der Waals surface area contributed by atoms with E-state index in [1.54, 1.807) is 49.6 Å². The zero-order chi connectivity index (χ0) is 30.3. The fraction of sp³-hybridized carbons (Fsp3) is 0.324. The maximum atomic E-state index is 14.4. The van der Waals surface area contributed by atoms with E-state index in [-0.39, 0.29) is 24.3 Å². The van der Waals surface area contributed by atoms with E-state index in [0.29, 0.717) is 28.3 Å². The lowest BCUT2D eigenvalue weighted by molar-refractivity contribution is -0.127. The average Bonchev–Trinajstić information content (AvgIpc) is 3.45. The van der Waals surface area contributed by atoms with Crippen LogP contribution in [0.25, 0.3) is 10.9 Å². The third-order valence-electron chi connectivity index (χ3n) is 8.03. The van der Waals surface area contributed by atoms with Crippen LogP contribution in [0.2, 0.25) is 0 Å². The summed E-state index contributed by atoms with van der Waals surface area (Å²) in [5, 5.41) is 4.17. The Bertz CT molecular complexity index is 1590. The molecule has 0 bridgehead atoms. The van der Waals surface area contributed by atoms with Crippen molar-refractivity contribution in [2.75, 3.05) is 26.2 Å². The number of esters is 1. The minimum Gasteiger partial charge on any atom is -0.493 e. The van der Waals surface area contributed by atoms with Gasteiger partial charge in [-0.2, -0.15) is 0 Å². The SMILES string of the molecule is COC(=O)c1ccc(N(C(=O)Cc2c[nH]c3ccccc23)[C@H](C(=O)NC2CCCCC2)c2ccc(OC)c(OC)c2)cc1.